The number of aliphatic carboxylic acids is 1. The Morgan fingerprint density at radius 1 is 1.17 bits per heavy atom. The number of phenols is 2. The summed E-state index contributed by atoms with van der Waals surface area (Å²) in [5, 5.41) is 46.9. The summed E-state index contributed by atoms with van der Waals surface area (Å²) in [6, 6.07) is 3.92. The van der Waals surface area contributed by atoms with E-state index in [4.69, 9.17) is 9.84 Å². The van der Waals surface area contributed by atoms with E-state index in [2.05, 4.69) is 0 Å². The lowest BCUT2D eigenvalue weighted by molar-refractivity contribution is -0.154. The topological polar surface area (TPSA) is 145 Å². The maximum Gasteiger partial charge on any atom is 0.331 e. The van der Waals surface area contributed by atoms with Crippen LogP contribution in [0, 0.1) is 0 Å². The van der Waals surface area contributed by atoms with Crippen LogP contribution in [0.1, 0.15) is 12.0 Å². The SMILES string of the molecule is O=C(/C=C/c1ccc(O)c(O)c1)O[C@H]1CC(C(=O)O)=C[C@H](O)[C@@H]1O. The molecule has 3 atom stereocenters. The summed E-state index contributed by atoms with van der Waals surface area (Å²) in [4.78, 5) is 22.7. The van der Waals surface area contributed by atoms with Gasteiger partial charge in [0.2, 0.25) is 0 Å². The zero-order chi connectivity index (χ0) is 17.9. The van der Waals surface area contributed by atoms with Crippen LogP contribution in [0.4, 0.5) is 0 Å². The molecule has 0 unspecified atom stereocenters. The second kappa shape index (κ2) is 7.16. The van der Waals surface area contributed by atoms with Gasteiger partial charge in [-0.1, -0.05) is 6.07 Å². The van der Waals surface area contributed by atoms with Crippen LogP contribution in [0.3, 0.4) is 0 Å². The van der Waals surface area contributed by atoms with Gasteiger partial charge in [-0.15, -0.1) is 0 Å². The Balaban J connectivity index is 2.03. The van der Waals surface area contributed by atoms with Gasteiger partial charge < -0.3 is 30.3 Å². The van der Waals surface area contributed by atoms with E-state index in [9.17, 15) is 30.0 Å². The minimum atomic E-state index is -1.44. The maximum atomic E-state index is 11.8. The molecule has 0 saturated carbocycles. The number of carbonyl (C=O) groups is 2. The van der Waals surface area contributed by atoms with E-state index in [0.29, 0.717) is 5.56 Å². The normalized spacial score (nSPS) is 23.8. The minimum Gasteiger partial charge on any atom is -0.504 e. The molecule has 0 aromatic heterocycles. The van der Waals surface area contributed by atoms with Crippen molar-refractivity contribution in [2.75, 3.05) is 0 Å². The highest BCUT2D eigenvalue weighted by Crippen LogP contribution is 2.26. The smallest absolute Gasteiger partial charge is 0.331 e. The summed E-state index contributed by atoms with van der Waals surface area (Å²) < 4.78 is 4.98. The van der Waals surface area contributed by atoms with Gasteiger partial charge in [-0.25, -0.2) is 9.59 Å². The zero-order valence-corrected chi connectivity index (χ0v) is 12.4. The molecule has 0 spiro atoms. The molecule has 0 radical (unpaired) electrons. The van der Waals surface area contributed by atoms with Crippen LogP contribution in [0.2, 0.25) is 0 Å². The number of hydrogen-bond acceptors (Lipinski definition) is 7. The number of ether oxygens (including phenoxy) is 1. The number of phenolic OH excluding ortho intramolecular Hbond substituents is 2. The van der Waals surface area contributed by atoms with Crippen molar-refractivity contribution in [2.24, 2.45) is 0 Å². The van der Waals surface area contributed by atoms with Crippen LogP contribution >= 0.6 is 0 Å². The third-order valence-electron chi connectivity index (χ3n) is 3.48. The molecule has 8 nitrogen and oxygen atoms in total. The summed E-state index contributed by atoms with van der Waals surface area (Å²) in [7, 11) is 0. The van der Waals surface area contributed by atoms with E-state index in [1.165, 1.54) is 24.3 Å². The second-order valence-electron chi connectivity index (χ2n) is 5.24. The van der Waals surface area contributed by atoms with E-state index >= 15 is 0 Å². The lowest BCUT2D eigenvalue weighted by Gasteiger charge is -2.29. The molecular formula is C16H16O8. The summed E-state index contributed by atoms with van der Waals surface area (Å²) in [5.74, 6) is -2.78. The van der Waals surface area contributed by atoms with Gasteiger partial charge in [-0.2, -0.15) is 0 Å². The Bertz CT molecular complexity index is 706. The number of benzene rings is 1. The number of carboxylic acid groups (broad SMARTS) is 1. The van der Waals surface area contributed by atoms with E-state index in [1.54, 1.807) is 0 Å². The van der Waals surface area contributed by atoms with Crippen molar-refractivity contribution < 1.29 is 39.9 Å². The number of esters is 1. The molecule has 0 amide bonds. The molecule has 1 aliphatic rings. The number of rotatable bonds is 4. The number of aromatic hydroxyl groups is 2. The number of aliphatic hydroxyl groups is 2. The Morgan fingerprint density at radius 3 is 2.50 bits per heavy atom. The highest BCUT2D eigenvalue weighted by molar-refractivity contribution is 5.88. The van der Waals surface area contributed by atoms with Gasteiger partial charge in [0.1, 0.15) is 18.3 Å². The summed E-state index contributed by atoms with van der Waals surface area (Å²) in [5.41, 5.74) is 0.260. The zero-order valence-electron chi connectivity index (χ0n) is 12.4. The van der Waals surface area contributed by atoms with Crippen molar-refractivity contribution in [1.29, 1.82) is 0 Å². The third kappa shape index (κ3) is 4.12. The largest absolute Gasteiger partial charge is 0.504 e. The number of hydrogen-bond donors (Lipinski definition) is 5. The molecule has 0 heterocycles. The van der Waals surface area contributed by atoms with E-state index in [-0.39, 0.29) is 23.5 Å². The summed E-state index contributed by atoms with van der Waals surface area (Å²) in [6.45, 7) is 0. The predicted octanol–water partition coefficient (Wildman–Crippen LogP) is 0.159. The first-order chi connectivity index (χ1) is 11.3. The highest BCUT2D eigenvalue weighted by atomic mass is 16.6. The van der Waals surface area contributed by atoms with Crippen LogP contribution in [-0.4, -0.2) is 55.8 Å². The fourth-order valence-electron chi connectivity index (χ4n) is 2.20. The Morgan fingerprint density at radius 2 is 1.88 bits per heavy atom. The summed E-state index contributed by atoms with van der Waals surface area (Å²) >= 11 is 0. The van der Waals surface area contributed by atoms with Gasteiger partial charge in [-0.3, -0.25) is 0 Å². The third-order valence-corrected chi connectivity index (χ3v) is 3.48. The highest BCUT2D eigenvalue weighted by Gasteiger charge is 2.35. The quantitative estimate of drug-likeness (QED) is 0.297. The van der Waals surface area contributed by atoms with E-state index < -0.39 is 30.3 Å². The monoisotopic (exact) mass is 336 g/mol. The van der Waals surface area contributed by atoms with Gasteiger partial charge in [0.25, 0.3) is 0 Å². The van der Waals surface area contributed by atoms with Crippen LogP contribution in [0.15, 0.2) is 35.9 Å². The van der Waals surface area contributed by atoms with Crippen LogP contribution in [-0.2, 0) is 14.3 Å². The molecule has 128 valence electrons. The van der Waals surface area contributed by atoms with Gasteiger partial charge in [0.15, 0.2) is 11.5 Å². The molecule has 0 fully saturated rings. The van der Waals surface area contributed by atoms with Crippen molar-refractivity contribution in [3.63, 3.8) is 0 Å². The van der Waals surface area contributed by atoms with Crippen LogP contribution in [0.5, 0.6) is 11.5 Å². The predicted molar refractivity (Wildman–Crippen MR) is 81.0 cm³/mol. The Labute approximate surface area is 136 Å². The average molecular weight is 336 g/mol. The fourth-order valence-corrected chi connectivity index (χ4v) is 2.20. The van der Waals surface area contributed by atoms with Crippen LogP contribution < -0.4 is 0 Å². The van der Waals surface area contributed by atoms with Crippen LogP contribution in [0.25, 0.3) is 6.08 Å². The fraction of sp³-hybridized carbons (Fsp3) is 0.250. The molecule has 1 aromatic rings. The van der Waals surface area contributed by atoms with Gasteiger partial charge >= 0.3 is 11.9 Å². The first-order valence-electron chi connectivity index (χ1n) is 6.98. The molecular weight excluding hydrogens is 320 g/mol. The molecule has 24 heavy (non-hydrogen) atoms. The van der Waals surface area contributed by atoms with Crippen molar-refractivity contribution in [3.05, 3.63) is 41.5 Å². The molecule has 8 heteroatoms. The standard InChI is InChI=1S/C16H16O8/c17-10-3-1-8(5-11(10)18)2-4-14(20)24-13-7-9(16(22)23)6-12(19)15(13)21/h1-6,12-13,15,17-19,21H,7H2,(H,22,23)/b4-2+/t12-,13-,15-/m0/s1. The molecule has 1 aliphatic carbocycles. The molecule has 2 rings (SSSR count). The molecule has 1 aromatic carbocycles. The van der Waals surface area contributed by atoms with Crippen molar-refractivity contribution >= 4 is 18.0 Å². The molecule has 5 N–H and O–H groups in total. The van der Waals surface area contributed by atoms with E-state index in [1.807, 2.05) is 0 Å². The number of carboxylic acids is 1. The molecule has 0 aliphatic heterocycles. The Kier molecular flexibility index (Phi) is 5.22. The van der Waals surface area contributed by atoms with Crippen molar-refractivity contribution in [2.45, 2.75) is 24.7 Å². The van der Waals surface area contributed by atoms with E-state index in [0.717, 1.165) is 12.2 Å². The van der Waals surface area contributed by atoms with Crippen molar-refractivity contribution in [1.82, 2.24) is 0 Å². The first-order valence-corrected chi connectivity index (χ1v) is 6.98. The van der Waals surface area contributed by atoms with Gasteiger partial charge in [0, 0.05) is 18.1 Å². The molecule has 0 bridgehead atoms. The van der Waals surface area contributed by atoms with Gasteiger partial charge in [0.05, 0.1) is 0 Å². The number of carbonyl (C=O) groups excluding carboxylic acids is 1. The van der Waals surface area contributed by atoms with Gasteiger partial charge in [-0.05, 0) is 29.8 Å². The first kappa shape index (κ1) is 17.5. The molecule has 0 saturated heterocycles. The maximum absolute atomic E-state index is 11.8. The van der Waals surface area contributed by atoms with Crippen molar-refractivity contribution in [3.8, 4) is 11.5 Å². The summed E-state index contributed by atoms with van der Waals surface area (Å²) in [6.07, 6.45) is -0.963. The lowest BCUT2D eigenvalue weighted by Crippen LogP contribution is -2.43. The second-order valence-corrected chi connectivity index (χ2v) is 5.24. The lowest BCUT2D eigenvalue weighted by atomic mass is 9.92. The average Bonchev–Trinajstić information content (AvgIpc) is 2.52. The Hall–Kier alpha value is -2.84. The number of aliphatic hydroxyl groups excluding tert-OH is 2. The minimum absolute atomic E-state index is 0.155.